The number of aliphatic carboxylic acids is 1. The maximum atomic E-state index is 12.2. The first-order valence-electron chi connectivity index (χ1n) is 8.18. The quantitative estimate of drug-likeness (QED) is 0.388. The molecule has 3 aliphatic heterocycles. The Morgan fingerprint density at radius 3 is 2.96 bits per heavy atom. The number of nitrogens with zero attached hydrogens (tertiary/aromatic N) is 1. The van der Waals surface area contributed by atoms with Crippen LogP contribution in [0.4, 0.5) is 0 Å². The van der Waals surface area contributed by atoms with Crippen LogP contribution in [0.2, 0.25) is 0 Å². The highest BCUT2D eigenvalue weighted by Gasteiger charge is 2.57. The van der Waals surface area contributed by atoms with Crippen molar-refractivity contribution in [3.05, 3.63) is 22.8 Å². The van der Waals surface area contributed by atoms with Crippen LogP contribution < -0.4 is 11.1 Å². The fraction of sp³-hybridized carbons (Fsp3) is 0.625. The molecule has 3 rings (SSSR count). The van der Waals surface area contributed by atoms with Crippen molar-refractivity contribution in [3.8, 4) is 0 Å². The number of carboxylic acids is 1. The van der Waals surface area contributed by atoms with E-state index in [0.717, 1.165) is 17.9 Å². The summed E-state index contributed by atoms with van der Waals surface area (Å²) in [6, 6.07) is 0.0404. The van der Waals surface area contributed by atoms with Crippen LogP contribution >= 0.6 is 11.8 Å². The summed E-state index contributed by atoms with van der Waals surface area (Å²) < 4.78 is 0. The Hall–Kier alpha value is -1.35. The lowest BCUT2D eigenvalue weighted by atomic mass is 9.83. The summed E-state index contributed by atoms with van der Waals surface area (Å²) in [7, 11) is 0. The van der Waals surface area contributed by atoms with E-state index in [4.69, 9.17) is 5.73 Å². The number of carbonyl (C=O) groups is 2. The molecule has 0 aromatic heterocycles. The maximum absolute atomic E-state index is 12.2. The summed E-state index contributed by atoms with van der Waals surface area (Å²) in [4.78, 5) is 25.9. The molecular formula is C16H23N3O4S. The molecule has 0 radical (unpaired) electrons. The number of amides is 1. The molecule has 2 fully saturated rings. The summed E-state index contributed by atoms with van der Waals surface area (Å²) in [5.41, 5.74) is 5.57. The average Bonchev–Trinajstić information content (AvgIpc) is 3.07. The van der Waals surface area contributed by atoms with Crippen molar-refractivity contribution in [2.45, 2.75) is 43.2 Å². The molecule has 0 saturated carbocycles. The Kier molecular flexibility index (Phi) is 5.00. The van der Waals surface area contributed by atoms with Gasteiger partial charge in [-0.15, -0.1) is 11.8 Å². The number of thioether (sulfide) groups is 1. The number of aliphatic hydroxyl groups is 1. The van der Waals surface area contributed by atoms with E-state index in [1.807, 2.05) is 12.2 Å². The predicted molar refractivity (Wildman–Crippen MR) is 91.1 cm³/mol. The van der Waals surface area contributed by atoms with Gasteiger partial charge in [0, 0.05) is 35.7 Å². The van der Waals surface area contributed by atoms with Crippen LogP contribution in [0.15, 0.2) is 22.8 Å². The van der Waals surface area contributed by atoms with Gasteiger partial charge < -0.3 is 26.2 Å². The molecule has 24 heavy (non-hydrogen) atoms. The first-order chi connectivity index (χ1) is 11.4. The van der Waals surface area contributed by atoms with E-state index in [1.165, 1.54) is 4.90 Å². The standard InChI is InChI=1S/C16H23N3O4S/c1-8(20)13-11-6-12(14(16(22)23)19(11)15(13)21)24-10-5-9(18-7-10)3-2-4-17/h2-3,8-11,13,18,20H,4-7,17H2,1H3,(H,22,23)/b3-2+/t8-,9-,10+,11-,13-/m1/s1. The van der Waals surface area contributed by atoms with Gasteiger partial charge in [-0.3, -0.25) is 4.79 Å². The number of carbonyl (C=O) groups excluding carboxylic acids is 1. The number of hydrogen-bond acceptors (Lipinski definition) is 6. The molecule has 0 aromatic carbocycles. The molecule has 0 aliphatic carbocycles. The third-order valence-corrected chi connectivity index (χ3v) is 6.17. The van der Waals surface area contributed by atoms with E-state index in [0.29, 0.717) is 13.0 Å². The Labute approximate surface area is 145 Å². The molecule has 132 valence electrons. The van der Waals surface area contributed by atoms with Crippen molar-refractivity contribution >= 4 is 23.6 Å². The van der Waals surface area contributed by atoms with Gasteiger partial charge in [-0.05, 0) is 13.3 Å². The van der Waals surface area contributed by atoms with Crippen LogP contribution in [0, 0.1) is 5.92 Å². The third kappa shape index (κ3) is 2.99. The molecule has 0 spiro atoms. The van der Waals surface area contributed by atoms with Crippen LogP contribution in [0.25, 0.3) is 0 Å². The zero-order chi connectivity index (χ0) is 17.4. The number of nitrogens with two attached hydrogens (primary N) is 1. The molecule has 0 unspecified atom stereocenters. The number of carboxylic acid groups (broad SMARTS) is 1. The van der Waals surface area contributed by atoms with Crippen molar-refractivity contribution < 1.29 is 19.8 Å². The molecule has 5 atom stereocenters. The first kappa shape index (κ1) is 17.5. The largest absolute Gasteiger partial charge is 0.477 e. The third-order valence-electron chi connectivity index (χ3n) is 4.83. The number of fused-ring (bicyclic) bond motifs is 1. The molecule has 3 heterocycles. The molecule has 0 aromatic rings. The molecule has 8 heteroatoms. The summed E-state index contributed by atoms with van der Waals surface area (Å²) in [5.74, 6) is -1.83. The summed E-state index contributed by atoms with van der Waals surface area (Å²) in [6.45, 7) is 2.88. The molecule has 0 bridgehead atoms. The fourth-order valence-corrected chi connectivity index (χ4v) is 5.20. The normalized spacial score (nSPS) is 34.0. The van der Waals surface area contributed by atoms with Gasteiger partial charge in [0.15, 0.2) is 0 Å². The monoisotopic (exact) mass is 353 g/mol. The van der Waals surface area contributed by atoms with E-state index in [1.54, 1.807) is 18.7 Å². The van der Waals surface area contributed by atoms with Gasteiger partial charge in [-0.25, -0.2) is 4.79 Å². The lowest BCUT2D eigenvalue weighted by molar-refractivity contribution is -0.161. The minimum atomic E-state index is -1.07. The number of β-lactam (4-membered cyclic amide) rings is 1. The predicted octanol–water partition coefficient (Wildman–Crippen LogP) is -0.127. The number of nitrogens with one attached hydrogen (secondary N) is 1. The number of rotatable bonds is 6. The molecule has 5 N–H and O–H groups in total. The van der Waals surface area contributed by atoms with Gasteiger partial charge in [0.25, 0.3) is 0 Å². The van der Waals surface area contributed by atoms with Crippen molar-refractivity contribution in [1.29, 1.82) is 0 Å². The number of hydrogen-bond donors (Lipinski definition) is 4. The molecule has 1 amide bonds. The van der Waals surface area contributed by atoms with E-state index in [9.17, 15) is 19.8 Å². The van der Waals surface area contributed by atoms with Crippen molar-refractivity contribution in [3.63, 3.8) is 0 Å². The Morgan fingerprint density at radius 2 is 2.33 bits per heavy atom. The van der Waals surface area contributed by atoms with Crippen molar-refractivity contribution in [1.82, 2.24) is 10.2 Å². The maximum Gasteiger partial charge on any atom is 0.353 e. The Morgan fingerprint density at radius 1 is 1.58 bits per heavy atom. The molecular weight excluding hydrogens is 330 g/mol. The van der Waals surface area contributed by atoms with E-state index >= 15 is 0 Å². The smallest absolute Gasteiger partial charge is 0.353 e. The molecule has 2 saturated heterocycles. The van der Waals surface area contributed by atoms with Crippen LogP contribution in [0.3, 0.4) is 0 Å². The second-order valence-corrected chi connectivity index (χ2v) is 7.87. The van der Waals surface area contributed by atoms with Crippen LogP contribution in [-0.2, 0) is 9.59 Å². The first-order valence-corrected chi connectivity index (χ1v) is 9.06. The van der Waals surface area contributed by atoms with Gasteiger partial charge in [0.05, 0.1) is 18.1 Å². The lowest BCUT2D eigenvalue weighted by Crippen LogP contribution is -2.61. The zero-order valence-corrected chi connectivity index (χ0v) is 14.3. The zero-order valence-electron chi connectivity index (χ0n) is 13.5. The van der Waals surface area contributed by atoms with Gasteiger partial charge in [0.1, 0.15) is 5.70 Å². The Bertz CT molecular complexity index is 604. The van der Waals surface area contributed by atoms with Crippen molar-refractivity contribution in [2.24, 2.45) is 11.7 Å². The summed E-state index contributed by atoms with van der Waals surface area (Å²) in [6.07, 6.45) is 4.63. The highest BCUT2D eigenvalue weighted by Crippen LogP contribution is 2.48. The van der Waals surface area contributed by atoms with E-state index in [2.05, 4.69) is 5.32 Å². The van der Waals surface area contributed by atoms with E-state index < -0.39 is 18.0 Å². The van der Waals surface area contributed by atoms with Gasteiger partial charge in [-0.1, -0.05) is 12.2 Å². The van der Waals surface area contributed by atoms with Gasteiger partial charge in [-0.2, -0.15) is 0 Å². The highest BCUT2D eigenvalue weighted by atomic mass is 32.2. The second-order valence-electron chi connectivity index (χ2n) is 6.48. The fourth-order valence-electron chi connectivity index (χ4n) is 3.75. The minimum absolute atomic E-state index is 0.104. The second kappa shape index (κ2) is 6.87. The topological polar surface area (TPSA) is 116 Å². The van der Waals surface area contributed by atoms with E-state index in [-0.39, 0.29) is 28.9 Å². The average molecular weight is 353 g/mol. The summed E-state index contributed by atoms with van der Waals surface area (Å²) >= 11 is 1.55. The van der Waals surface area contributed by atoms with Crippen molar-refractivity contribution in [2.75, 3.05) is 13.1 Å². The highest BCUT2D eigenvalue weighted by molar-refractivity contribution is 8.03. The van der Waals surface area contributed by atoms with Crippen LogP contribution in [-0.4, -0.2) is 63.5 Å². The minimum Gasteiger partial charge on any atom is -0.477 e. The van der Waals surface area contributed by atoms with Crippen LogP contribution in [0.5, 0.6) is 0 Å². The van der Waals surface area contributed by atoms with Gasteiger partial charge in [0.2, 0.25) is 5.91 Å². The number of aliphatic hydroxyl groups excluding tert-OH is 1. The molecule has 3 aliphatic rings. The SMILES string of the molecule is C[C@@H](O)[C@H]1C(=O)N2C(C(=O)O)=C(S[C@@H]3CN[C@H](/C=C/CN)C3)C[C@H]12. The summed E-state index contributed by atoms with van der Waals surface area (Å²) in [5, 5.41) is 22.9. The van der Waals surface area contributed by atoms with Crippen LogP contribution in [0.1, 0.15) is 19.8 Å². The van der Waals surface area contributed by atoms with Gasteiger partial charge >= 0.3 is 5.97 Å². The molecule has 7 nitrogen and oxygen atoms in total. The Balaban J connectivity index is 1.70. The lowest BCUT2D eigenvalue weighted by Gasteiger charge is -2.44.